The Morgan fingerprint density at radius 1 is 0.600 bits per heavy atom. The van der Waals surface area contributed by atoms with Gasteiger partial charge >= 0.3 is 66.7 Å². The van der Waals surface area contributed by atoms with Gasteiger partial charge in [-0.15, -0.1) is 0 Å². The maximum absolute atomic E-state index is 0. The molecule has 0 saturated heterocycles. The SMILES string of the molecule is [In+3].[Nd+3].[O-2].[O-2].[O-2]. The van der Waals surface area contributed by atoms with E-state index in [1.165, 1.54) is 0 Å². The first-order valence-corrected chi connectivity index (χ1v) is 0. The molecule has 0 atom stereocenters. The minimum Gasteiger partial charge on any atom is -2.00 e. The van der Waals surface area contributed by atoms with Crippen molar-refractivity contribution in [1.82, 2.24) is 0 Å². The third-order valence-electron chi connectivity index (χ3n) is 0. The average Bonchev–Trinajstić information content (AvgIpc) is 0. The molecule has 0 fully saturated rings. The molecule has 0 saturated carbocycles. The molecular formula is InNdO3. The Morgan fingerprint density at radius 2 is 0.600 bits per heavy atom. The third-order valence-corrected chi connectivity index (χ3v) is 0. The summed E-state index contributed by atoms with van der Waals surface area (Å²) in [7, 11) is 0. The van der Waals surface area contributed by atoms with Crippen LogP contribution >= 0.6 is 0 Å². The van der Waals surface area contributed by atoms with Crippen molar-refractivity contribution in [3.05, 3.63) is 0 Å². The van der Waals surface area contributed by atoms with Crippen LogP contribution in [0.2, 0.25) is 0 Å². The topological polar surface area (TPSA) is 85.5 Å². The first kappa shape index (κ1) is 59.9. The van der Waals surface area contributed by atoms with Crippen molar-refractivity contribution in [3.63, 3.8) is 0 Å². The first-order chi connectivity index (χ1) is 0. The van der Waals surface area contributed by atoms with Crippen molar-refractivity contribution in [2.24, 2.45) is 0 Å². The van der Waals surface area contributed by atoms with E-state index >= 15 is 0 Å². The Balaban J connectivity index is 0. The van der Waals surface area contributed by atoms with Crippen LogP contribution in [0.25, 0.3) is 0 Å². The summed E-state index contributed by atoms with van der Waals surface area (Å²) >= 11 is 0. The van der Waals surface area contributed by atoms with Crippen LogP contribution in [0.15, 0.2) is 0 Å². The van der Waals surface area contributed by atoms with Crippen molar-refractivity contribution in [3.8, 4) is 0 Å². The molecule has 0 aromatic rings. The van der Waals surface area contributed by atoms with Crippen LogP contribution in [0, 0.1) is 40.8 Å². The molecule has 0 spiro atoms. The molecule has 0 amide bonds. The second-order valence-corrected chi connectivity index (χ2v) is 0. The van der Waals surface area contributed by atoms with Crippen molar-refractivity contribution >= 4 is 25.8 Å². The zero-order chi connectivity index (χ0) is 0. The van der Waals surface area contributed by atoms with Gasteiger partial charge in [0.15, 0.2) is 0 Å². The van der Waals surface area contributed by atoms with Crippen LogP contribution in [0.5, 0.6) is 0 Å². The van der Waals surface area contributed by atoms with Gasteiger partial charge in [0.05, 0.1) is 0 Å². The summed E-state index contributed by atoms with van der Waals surface area (Å²) in [6.07, 6.45) is 0. The van der Waals surface area contributed by atoms with Gasteiger partial charge < -0.3 is 16.4 Å². The summed E-state index contributed by atoms with van der Waals surface area (Å²) in [6.45, 7) is 0. The standard InChI is InChI=1S/In.Nd.3O/q2*+3;3*-2. The molecule has 0 N–H and O–H groups in total. The molecule has 3 nitrogen and oxygen atoms in total. The maximum Gasteiger partial charge on any atom is 3.00 e. The van der Waals surface area contributed by atoms with Gasteiger partial charge in [-0.2, -0.15) is 0 Å². The molecule has 0 heterocycles. The Morgan fingerprint density at radius 3 is 0.600 bits per heavy atom. The second kappa shape index (κ2) is 36.0. The van der Waals surface area contributed by atoms with Crippen LogP contribution < -0.4 is 0 Å². The Labute approximate surface area is 81.7 Å². The number of hydrogen-bond donors (Lipinski definition) is 0. The molecule has 0 aliphatic heterocycles. The zero-order valence-electron chi connectivity index (χ0n) is 2.30. The van der Waals surface area contributed by atoms with E-state index < -0.39 is 0 Å². The quantitative estimate of drug-likeness (QED) is 0.565. The molecular weight excluding hydrogens is 307 g/mol. The maximum atomic E-state index is 0. The third kappa shape index (κ3) is 23.2. The van der Waals surface area contributed by atoms with Crippen molar-refractivity contribution in [2.75, 3.05) is 0 Å². The minimum atomic E-state index is 0. The molecule has 0 aliphatic carbocycles. The average molecular weight is 307 g/mol. The Hall–Kier alpha value is 2.10. The monoisotopic (exact) mass is 305 g/mol. The normalized spacial score (nSPS) is 0. The van der Waals surface area contributed by atoms with Gasteiger partial charge in [0.2, 0.25) is 0 Å². The smallest absolute Gasteiger partial charge is 2.00 e. The summed E-state index contributed by atoms with van der Waals surface area (Å²) in [6, 6.07) is 0. The number of hydrogen-bond acceptors (Lipinski definition) is 0. The predicted molar refractivity (Wildman–Crippen MR) is 7.81 cm³/mol. The summed E-state index contributed by atoms with van der Waals surface area (Å²) in [5.74, 6) is 0. The van der Waals surface area contributed by atoms with Gasteiger partial charge in [-0.3, -0.25) is 0 Å². The van der Waals surface area contributed by atoms with E-state index in [4.69, 9.17) is 0 Å². The van der Waals surface area contributed by atoms with Gasteiger partial charge in [-0.25, -0.2) is 0 Å². The van der Waals surface area contributed by atoms with E-state index in [9.17, 15) is 0 Å². The molecule has 0 aromatic carbocycles. The van der Waals surface area contributed by atoms with Crippen LogP contribution in [0.1, 0.15) is 0 Å². The zero-order valence-corrected chi connectivity index (χ0v) is 8.81. The van der Waals surface area contributed by atoms with Crippen LogP contribution in [-0.2, 0) is 16.4 Å². The second-order valence-electron chi connectivity index (χ2n) is 0. The fourth-order valence-corrected chi connectivity index (χ4v) is 0. The van der Waals surface area contributed by atoms with Gasteiger partial charge in [-0.1, -0.05) is 0 Å². The largest absolute Gasteiger partial charge is 3.00 e. The van der Waals surface area contributed by atoms with E-state index in [2.05, 4.69) is 0 Å². The van der Waals surface area contributed by atoms with Crippen LogP contribution in [0.3, 0.4) is 0 Å². The minimum absolute atomic E-state index is 0. The van der Waals surface area contributed by atoms with Crippen LogP contribution in [-0.4, -0.2) is 25.8 Å². The van der Waals surface area contributed by atoms with Gasteiger partial charge in [-0.05, 0) is 0 Å². The summed E-state index contributed by atoms with van der Waals surface area (Å²) < 4.78 is 0. The molecule has 0 unspecified atom stereocenters. The summed E-state index contributed by atoms with van der Waals surface area (Å²) in [5, 5.41) is 0. The van der Waals surface area contributed by atoms with Crippen molar-refractivity contribution in [1.29, 1.82) is 0 Å². The molecule has 0 aliphatic rings. The molecule has 5 heavy (non-hydrogen) atoms. The van der Waals surface area contributed by atoms with E-state index in [0.29, 0.717) is 0 Å². The molecule has 1 radical (unpaired) electrons. The first-order valence-electron chi connectivity index (χ1n) is 0. The molecule has 0 aromatic heterocycles. The molecule has 25 valence electrons. The Bertz CT molecular complexity index is 6.85. The van der Waals surface area contributed by atoms with Crippen LogP contribution in [0.4, 0.5) is 0 Å². The summed E-state index contributed by atoms with van der Waals surface area (Å²) in [5.41, 5.74) is 0. The Kier molecular flexibility index (Phi) is 431. The van der Waals surface area contributed by atoms with E-state index in [1.54, 1.807) is 0 Å². The molecule has 0 bridgehead atoms. The molecule has 5 heteroatoms. The van der Waals surface area contributed by atoms with Gasteiger partial charge in [0.1, 0.15) is 0 Å². The fourth-order valence-electron chi connectivity index (χ4n) is 0. The summed E-state index contributed by atoms with van der Waals surface area (Å²) in [4.78, 5) is 0. The van der Waals surface area contributed by atoms with Crippen molar-refractivity contribution < 1.29 is 57.3 Å². The van der Waals surface area contributed by atoms with E-state index in [-0.39, 0.29) is 83.1 Å². The van der Waals surface area contributed by atoms with E-state index in [0.717, 1.165) is 0 Å². The van der Waals surface area contributed by atoms with Gasteiger partial charge in [0, 0.05) is 0 Å². The number of rotatable bonds is 0. The predicted octanol–water partition coefficient (Wildman–Crippen LogP) is -0.737. The fraction of sp³-hybridized carbons (Fsp3) is 0. The van der Waals surface area contributed by atoms with Gasteiger partial charge in [0.25, 0.3) is 0 Å². The van der Waals surface area contributed by atoms with Crippen molar-refractivity contribution in [2.45, 2.75) is 0 Å². The molecule has 0 rings (SSSR count). The van der Waals surface area contributed by atoms with E-state index in [1.807, 2.05) is 0 Å².